The Bertz CT molecular complexity index is 342. The second-order valence-electron chi connectivity index (χ2n) is 5.73. The Morgan fingerprint density at radius 2 is 2.16 bits per heavy atom. The van der Waals surface area contributed by atoms with Gasteiger partial charge in [0.25, 0.3) is 0 Å². The Labute approximate surface area is 121 Å². The van der Waals surface area contributed by atoms with E-state index in [-0.39, 0.29) is 0 Å². The predicted molar refractivity (Wildman–Crippen MR) is 83.9 cm³/mol. The van der Waals surface area contributed by atoms with Crippen molar-refractivity contribution in [3.8, 4) is 0 Å². The van der Waals surface area contributed by atoms with E-state index in [4.69, 9.17) is 0 Å². The van der Waals surface area contributed by atoms with Gasteiger partial charge in [0.05, 0.1) is 0 Å². The van der Waals surface area contributed by atoms with Gasteiger partial charge in [-0.3, -0.25) is 0 Å². The fourth-order valence-corrected chi connectivity index (χ4v) is 3.50. The molecule has 1 aliphatic rings. The van der Waals surface area contributed by atoms with Gasteiger partial charge in [-0.15, -0.1) is 11.3 Å². The molecule has 0 aliphatic carbocycles. The number of rotatable bonds is 6. The van der Waals surface area contributed by atoms with Crippen molar-refractivity contribution in [1.29, 1.82) is 0 Å². The highest BCUT2D eigenvalue weighted by Gasteiger charge is 2.20. The third kappa shape index (κ3) is 4.56. The summed E-state index contributed by atoms with van der Waals surface area (Å²) < 4.78 is 0. The number of piperidine rings is 1. The molecule has 0 aromatic carbocycles. The maximum atomic E-state index is 3.62. The zero-order valence-corrected chi connectivity index (χ0v) is 13.2. The molecule has 0 spiro atoms. The van der Waals surface area contributed by atoms with Gasteiger partial charge in [0.15, 0.2) is 0 Å². The summed E-state index contributed by atoms with van der Waals surface area (Å²) in [6.45, 7) is 7.02. The largest absolute Gasteiger partial charge is 0.308 e. The van der Waals surface area contributed by atoms with Crippen LogP contribution < -0.4 is 5.32 Å². The molecule has 1 fully saturated rings. The standard InChI is InChI=1S/C15H27N3S/c1-13(15-5-4-12-19-15)16-8-11-18-9-6-14(7-10-18)17(2)3/h4-5,12-14,16H,6-11H2,1-3H3. The van der Waals surface area contributed by atoms with Crippen molar-refractivity contribution in [2.24, 2.45) is 0 Å². The number of hydrogen-bond donors (Lipinski definition) is 1. The van der Waals surface area contributed by atoms with Crippen molar-refractivity contribution in [3.63, 3.8) is 0 Å². The lowest BCUT2D eigenvalue weighted by Crippen LogP contribution is -2.44. The number of hydrogen-bond acceptors (Lipinski definition) is 4. The number of nitrogens with one attached hydrogen (secondary N) is 1. The predicted octanol–water partition coefficient (Wildman–Crippen LogP) is 2.42. The number of nitrogens with zero attached hydrogens (tertiary/aromatic N) is 2. The number of likely N-dealkylation sites (tertiary alicyclic amines) is 1. The summed E-state index contributed by atoms with van der Waals surface area (Å²) in [6.07, 6.45) is 2.63. The van der Waals surface area contributed by atoms with Gasteiger partial charge in [-0.25, -0.2) is 0 Å². The van der Waals surface area contributed by atoms with E-state index in [1.807, 2.05) is 11.3 Å². The maximum absolute atomic E-state index is 3.62. The summed E-state index contributed by atoms with van der Waals surface area (Å²) in [5.41, 5.74) is 0. The minimum absolute atomic E-state index is 0.485. The Morgan fingerprint density at radius 1 is 1.42 bits per heavy atom. The van der Waals surface area contributed by atoms with Crippen molar-refractivity contribution in [1.82, 2.24) is 15.1 Å². The molecule has 4 heteroatoms. The lowest BCUT2D eigenvalue weighted by atomic mass is 10.0. The second kappa shape index (κ2) is 7.39. The lowest BCUT2D eigenvalue weighted by Gasteiger charge is -2.35. The third-order valence-corrected chi connectivity index (χ3v) is 5.19. The molecule has 1 aromatic rings. The third-order valence-electron chi connectivity index (χ3n) is 4.14. The van der Waals surface area contributed by atoms with Gasteiger partial charge in [-0.2, -0.15) is 0 Å². The molecule has 0 saturated carbocycles. The van der Waals surface area contributed by atoms with Crippen LogP contribution in [0.15, 0.2) is 17.5 Å². The molecular weight excluding hydrogens is 254 g/mol. The van der Waals surface area contributed by atoms with E-state index in [9.17, 15) is 0 Å². The second-order valence-corrected chi connectivity index (χ2v) is 6.71. The molecule has 0 amide bonds. The van der Waals surface area contributed by atoms with Gasteiger partial charge >= 0.3 is 0 Å². The Morgan fingerprint density at radius 3 is 2.74 bits per heavy atom. The van der Waals surface area contributed by atoms with Gasteiger partial charge in [-0.1, -0.05) is 6.07 Å². The fourth-order valence-electron chi connectivity index (χ4n) is 2.74. The first-order valence-electron chi connectivity index (χ1n) is 7.32. The van der Waals surface area contributed by atoms with Crippen LogP contribution in [0.3, 0.4) is 0 Å². The summed E-state index contributed by atoms with van der Waals surface area (Å²) >= 11 is 1.84. The molecule has 1 saturated heterocycles. The molecule has 1 unspecified atom stereocenters. The molecular formula is C15H27N3S. The molecule has 2 heterocycles. The van der Waals surface area contributed by atoms with Gasteiger partial charge in [0, 0.05) is 30.1 Å². The smallest absolute Gasteiger partial charge is 0.0386 e. The molecule has 1 atom stereocenters. The molecule has 0 bridgehead atoms. The van der Waals surface area contributed by atoms with E-state index in [1.54, 1.807) is 0 Å². The van der Waals surface area contributed by atoms with E-state index >= 15 is 0 Å². The van der Waals surface area contributed by atoms with E-state index in [2.05, 4.69) is 53.6 Å². The van der Waals surface area contributed by atoms with Gasteiger partial charge < -0.3 is 15.1 Å². The van der Waals surface area contributed by atoms with Crippen LogP contribution in [0, 0.1) is 0 Å². The molecule has 3 nitrogen and oxygen atoms in total. The lowest BCUT2D eigenvalue weighted by molar-refractivity contribution is 0.145. The minimum Gasteiger partial charge on any atom is -0.308 e. The first-order valence-corrected chi connectivity index (χ1v) is 8.20. The van der Waals surface area contributed by atoms with Gasteiger partial charge in [0.1, 0.15) is 0 Å². The molecule has 108 valence electrons. The molecule has 0 radical (unpaired) electrons. The van der Waals surface area contributed by atoms with Crippen molar-refractivity contribution in [3.05, 3.63) is 22.4 Å². The van der Waals surface area contributed by atoms with Gasteiger partial charge in [-0.05, 0) is 58.4 Å². The Balaban J connectivity index is 1.62. The van der Waals surface area contributed by atoms with Crippen molar-refractivity contribution in [2.75, 3.05) is 40.3 Å². The van der Waals surface area contributed by atoms with Crippen molar-refractivity contribution >= 4 is 11.3 Å². The minimum atomic E-state index is 0.485. The Kier molecular flexibility index (Phi) is 5.82. The summed E-state index contributed by atoms with van der Waals surface area (Å²) in [5, 5.41) is 5.78. The zero-order valence-electron chi connectivity index (χ0n) is 12.4. The van der Waals surface area contributed by atoms with Crippen molar-refractivity contribution < 1.29 is 0 Å². The monoisotopic (exact) mass is 281 g/mol. The van der Waals surface area contributed by atoms with E-state index in [0.717, 1.165) is 12.6 Å². The SMILES string of the molecule is CC(NCCN1CCC(N(C)C)CC1)c1cccs1. The zero-order chi connectivity index (χ0) is 13.7. The highest BCUT2D eigenvalue weighted by Crippen LogP contribution is 2.18. The summed E-state index contributed by atoms with van der Waals surface area (Å²) in [4.78, 5) is 6.40. The van der Waals surface area contributed by atoms with Crippen LogP contribution >= 0.6 is 11.3 Å². The average molecular weight is 281 g/mol. The average Bonchev–Trinajstić information content (AvgIpc) is 2.93. The molecule has 19 heavy (non-hydrogen) atoms. The molecule has 2 rings (SSSR count). The summed E-state index contributed by atoms with van der Waals surface area (Å²) in [6, 6.07) is 5.61. The van der Waals surface area contributed by atoms with Crippen LogP contribution in [0.2, 0.25) is 0 Å². The molecule has 1 aromatic heterocycles. The van der Waals surface area contributed by atoms with Crippen LogP contribution in [0.25, 0.3) is 0 Å². The normalized spacial score (nSPS) is 20.0. The quantitative estimate of drug-likeness (QED) is 0.864. The molecule has 1 N–H and O–H groups in total. The van der Waals surface area contributed by atoms with Crippen molar-refractivity contribution in [2.45, 2.75) is 31.8 Å². The van der Waals surface area contributed by atoms with Crippen LogP contribution in [-0.4, -0.2) is 56.1 Å². The summed E-state index contributed by atoms with van der Waals surface area (Å²) in [5.74, 6) is 0. The first-order chi connectivity index (χ1) is 9.16. The van der Waals surface area contributed by atoms with Gasteiger partial charge in [0.2, 0.25) is 0 Å². The first kappa shape index (κ1) is 15.0. The fraction of sp³-hybridized carbons (Fsp3) is 0.733. The van der Waals surface area contributed by atoms with E-state index < -0.39 is 0 Å². The van der Waals surface area contributed by atoms with Crippen LogP contribution in [0.5, 0.6) is 0 Å². The number of thiophene rings is 1. The van der Waals surface area contributed by atoms with E-state index in [1.165, 1.54) is 37.4 Å². The van der Waals surface area contributed by atoms with Crippen LogP contribution in [0.1, 0.15) is 30.7 Å². The van der Waals surface area contributed by atoms with Crippen LogP contribution in [0.4, 0.5) is 0 Å². The summed E-state index contributed by atoms with van der Waals surface area (Å²) in [7, 11) is 4.40. The highest BCUT2D eigenvalue weighted by atomic mass is 32.1. The maximum Gasteiger partial charge on any atom is 0.0386 e. The topological polar surface area (TPSA) is 18.5 Å². The van der Waals surface area contributed by atoms with Crippen LogP contribution in [-0.2, 0) is 0 Å². The molecule has 1 aliphatic heterocycles. The van der Waals surface area contributed by atoms with E-state index in [0.29, 0.717) is 6.04 Å². The highest BCUT2D eigenvalue weighted by molar-refractivity contribution is 7.10. The Hall–Kier alpha value is -0.420.